The van der Waals surface area contributed by atoms with Gasteiger partial charge in [-0.1, -0.05) is 44.2 Å². The highest BCUT2D eigenvalue weighted by Crippen LogP contribution is 2.42. The molecule has 0 spiro atoms. The van der Waals surface area contributed by atoms with E-state index in [-0.39, 0.29) is 10.5 Å². The molecular weight excluding hydrogens is 548 g/mol. The van der Waals surface area contributed by atoms with E-state index in [1.807, 2.05) is 29.1 Å². The number of hydrogen-bond acceptors (Lipinski definition) is 5. The molecule has 1 aliphatic heterocycles. The molecule has 0 radical (unpaired) electrons. The number of rotatable bonds is 8. The maximum absolute atomic E-state index is 13.8. The van der Waals surface area contributed by atoms with Crippen molar-refractivity contribution in [1.29, 1.82) is 0 Å². The minimum atomic E-state index is -3.71. The molecule has 0 N–H and O–H groups in total. The summed E-state index contributed by atoms with van der Waals surface area (Å²) >= 11 is 0. The standard InChI is InChI=1S/C32H36N6O3S/c1-23(2)19-36-21-28(18-33-36)42(40,41)37-13-12-32(22-37,16-25-8-6-5-7-9-25)29-15-26-17-34-38(30(26)14-24(29)3)27-10-11-31(39)35(4)20-27/h5-11,14-15,17-18,20-21,23H,12-13,16,19,22H2,1-4H3. The van der Waals surface area contributed by atoms with Crippen LogP contribution in [-0.2, 0) is 35.5 Å². The largest absolute Gasteiger partial charge is 0.316 e. The first-order chi connectivity index (χ1) is 20.1. The van der Waals surface area contributed by atoms with E-state index in [0.29, 0.717) is 38.4 Å². The summed E-state index contributed by atoms with van der Waals surface area (Å²) in [5.41, 5.74) is 4.62. The molecule has 2 aromatic carbocycles. The van der Waals surface area contributed by atoms with Crippen LogP contribution >= 0.6 is 0 Å². The molecule has 0 saturated carbocycles. The normalized spacial score (nSPS) is 17.9. The first-order valence-electron chi connectivity index (χ1n) is 14.3. The molecule has 1 atom stereocenters. The molecule has 1 aliphatic rings. The van der Waals surface area contributed by atoms with Crippen LogP contribution in [0.15, 0.2) is 89.1 Å². The third kappa shape index (κ3) is 5.09. The number of hydrogen-bond donors (Lipinski definition) is 0. The number of fused-ring (bicyclic) bond motifs is 1. The van der Waals surface area contributed by atoms with Crippen LogP contribution in [0, 0.1) is 12.8 Å². The molecule has 218 valence electrons. The molecule has 10 heteroatoms. The molecule has 42 heavy (non-hydrogen) atoms. The van der Waals surface area contributed by atoms with Crippen LogP contribution in [0.25, 0.3) is 16.6 Å². The summed E-state index contributed by atoms with van der Waals surface area (Å²) in [6, 6.07) is 17.9. The monoisotopic (exact) mass is 584 g/mol. The summed E-state index contributed by atoms with van der Waals surface area (Å²) in [5, 5.41) is 9.94. The van der Waals surface area contributed by atoms with E-state index in [4.69, 9.17) is 0 Å². The van der Waals surface area contributed by atoms with Gasteiger partial charge in [-0.15, -0.1) is 0 Å². The predicted octanol–water partition coefficient (Wildman–Crippen LogP) is 4.46. The second-order valence-corrected chi connectivity index (χ2v) is 13.9. The lowest BCUT2D eigenvalue weighted by Gasteiger charge is -2.32. The average molecular weight is 585 g/mol. The fraction of sp³-hybridized carbons (Fsp3) is 0.344. The molecule has 6 rings (SSSR count). The Morgan fingerprint density at radius 3 is 2.52 bits per heavy atom. The zero-order valence-electron chi connectivity index (χ0n) is 24.4. The van der Waals surface area contributed by atoms with Crippen LogP contribution < -0.4 is 5.56 Å². The zero-order chi connectivity index (χ0) is 29.6. The van der Waals surface area contributed by atoms with Gasteiger partial charge in [-0.2, -0.15) is 14.5 Å². The van der Waals surface area contributed by atoms with E-state index in [1.54, 1.807) is 45.1 Å². The molecule has 3 aromatic heterocycles. The Hall–Kier alpha value is -4.02. The average Bonchev–Trinajstić information content (AvgIpc) is 3.70. The zero-order valence-corrected chi connectivity index (χ0v) is 25.3. The lowest BCUT2D eigenvalue weighted by molar-refractivity contribution is 0.413. The highest BCUT2D eigenvalue weighted by Gasteiger charge is 2.45. The number of pyridine rings is 1. The van der Waals surface area contributed by atoms with E-state index >= 15 is 0 Å². The summed E-state index contributed by atoms with van der Waals surface area (Å²) in [5.74, 6) is 0.363. The van der Waals surface area contributed by atoms with E-state index in [1.165, 1.54) is 11.8 Å². The molecular formula is C32H36N6O3S. The lowest BCUT2D eigenvalue weighted by Crippen LogP contribution is -2.36. The van der Waals surface area contributed by atoms with Crippen molar-refractivity contribution in [3.05, 3.63) is 106 Å². The van der Waals surface area contributed by atoms with Crippen molar-refractivity contribution in [2.45, 2.75) is 50.5 Å². The second-order valence-electron chi connectivity index (χ2n) is 11.9. The quantitative estimate of drug-likeness (QED) is 0.268. The fourth-order valence-electron chi connectivity index (χ4n) is 6.25. The summed E-state index contributed by atoms with van der Waals surface area (Å²) in [7, 11) is -1.99. The molecule has 0 aliphatic carbocycles. The Bertz CT molecular complexity index is 1920. The van der Waals surface area contributed by atoms with E-state index < -0.39 is 15.4 Å². The number of benzene rings is 2. The molecule has 9 nitrogen and oxygen atoms in total. The predicted molar refractivity (Wildman–Crippen MR) is 163 cm³/mol. The van der Waals surface area contributed by atoms with Crippen LogP contribution in [0.5, 0.6) is 0 Å². The van der Waals surface area contributed by atoms with Crippen LogP contribution in [-0.4, -0.2) is 49.9 Å². The Kier molecular flexibility index (Phi) is 7.14. The lowest BCUT2D eigenvalue weighted by atomic mass is 9.73. The second kappa shape index (κ2) is 10.7. The van der Waals surface area contributed by atoms with Gasteiger partial charge in [0.25, 0.3) is 0 Å². The number of sulfonamides is 1. The summed E-state index contributed by atoms with van der Waals surface area (Å²) < 4.78 is 34.4. The maximum atomic E-state index is 13.8. The van der Waals surface area contributed by atoms with Crippen molar-refractivity contribution >= 4 is 20.9 Å². The van der Waals surface area contributed by atoms with Gasteiger partial charge < -0.3 is 4.57 Å². The maximum Gasteiger partial charge on any atom is 0.250 e. The molecule has 1 unspecified atom stereocenters. The van der Waals surface area contributed by atoms with Crippen molar-refractivity contribution < 1.29 is 8.42 Å². The smallest absolute Gasteiger partial charge is 0.250 e. The van der Waals surface area contributed by atoms with Gasteiger partial charge in [-0.05, 0) is 60.6 Å². The Labute approximate surface area is 246 Å². The van der Waals surface area contributed by atoms with Crippen molar-refractivity contribution in [3.8, 4) is 5.69 Å². The minimum absolute atomic E-state index is 0.0791. The van der Waals surface area contributed by atoms with Crippen LogP contribution in [0.4, 0.5) is 0 Å². The topological polar surface area (TPSA) is 95.0 Å². The van der Waals surface area contributed by atoms with Crippen molar-refractivity contribution in [2.75, 3.05) is 13.1 Å². The highest BCUT2D eigenvalue weighted by atomic mass is 32.2. The first-order valence-corrected chi connectivity index (χ1v) is 15.7. The highest BCUT2D eigenvalue weighted by molar-refractivity contribution is 7.89. The number of aromatic nitrogens is 5. The minimum Gasteiger partial charge on any atom is -0.316 e. The van der Waals surface area contributed by atoms with Crippen molar-refractivity contribution in [1.82, 2.24) is 28.4 Å². The molecule has 5 aromatic rings. The van der Waals surface area contributed by atoms with E-state index in [0.717, 1.165) is 27.7 Å². The molecule has 0 bridgehead atoms. The Morgan fingerprint density at radius 1 is 1.00 bits per heavy atom. The van der Waals surface area contributed by atoms with Gasteiger partial charge in [0.1, 0.15) is 4.90 Å². The molecule has 4 heterocycles. The van der Waals surface area contributed by atoms with Crippen molar-refractivity contribution in [2.24, 2.45) is 13.0 Å². The van der Waals surface area contributed by atoms with Crippen LogP contribution in [0.1, 0.15) is 37.0 Å². The van der Waals surface area contributed by atoms with E-state index in [9.17, 15) is 13.2 Å². The molecule has 1 saturated heterocycles. The van der Waals surface area contributed by atoms with Crippen LogP contribution in [0.2, 0.25) is 0 Å². The molecule has 1 fully saturated rings. The van der Waals surface area contributed by atoms with Gasteiger partial charge in [0.15, 0.2) is 0 Å². The summed E-state index contributed by atoms with van der Waals surface area (Å²) in [6.45, 7) is 7.73. The SMILES string of the molecule is Cc1cc2c(cnn2-c2ccc(=O)n(C)c2)cc1C1(Cc2ccccc2)CCN(S(=O)(=O)c2cnn(CC(C)C)c2)C1. The van der Waals surface area contributed by atoms with Gasteiger partial charge in [-0.3, -0.25) is 9.48 Å². The Morgan fingerprint density at radius 2 is 1.79 bits per heavy atom. The van der Waals surface area contributed by atoms with E-state index in [2.05, 4.69) is 55.2 Å². The van der Waals surface area contributed by atoms with Gasteiger partial charge >= 0.3 is 0 Å². The van der Waals surface area contributed by atoms with Gasteiger partial charge in [0.05, 0.1) is 23.6 Å². The van der Waals surface area contributed by atoms with Gasteiger partial charge in [-0.25, -0.2) is 13.1 Å². The Balaban J connectivity index is 1.40. The van der Waals surface area contributed by atoms with Crippen molar-refractivity contribution in [3.63, 3.8) is 0 Å². The third-order valence-corrected chi connectivity index (χ3v) is 10.1. The summed E-state index contributed by atoms with van der Waals surface area (Å²) in [6.07, 6.45) is 8.15. The fourth-order valence-corrected chi connectivity index (χ4v) is 7.73. The third-order valence-electron chi connectivity index (χ3n) is 8.30. The van der Waals surface area contributed by atoms with Crippen LogP contribution in [0.3, 0.4) is 0 Å². The number of aryl methyl sites for hydroxylation is 2. The van der Waals surface area contributed by atoms with Gasteiger partial charge in [0, 0.05) is 55.9 Å². The summed E-state index contributed by atoms with van der Waals surface area (Å²) in [4.78, 5) is 12.2. The molecule has 0 amide bonds. The first kappa shape index (κ1) is 28.1. The number of nitrogens with zero attached hydrogens (tertiary/aromatic N) is 6. The van der Waals surface area contributed by atoms with Gasteiger partial charge in [0.2, 0.25) is 15.6 Å².